The number of nitrogens with zero attached hydrogens (tertiary/aromatic N) is 3. The summed E-state index contributed by atoms with van der Waals surface area (Å²) in [6, 6.07) is 5.04. The minimum Gasteiger partial charge on any atom is -0.494 e. The lowest BCUT2D eigenvalue weighted by molar-refractivity contribution is 0.369. The van der Waals surface area contributed by atoms with Gasteiger partial charge in [0.25, 0.3) is 11.1 Å². The normalized spacial score (nSPS) is 11.6. The highest BCUT2D eigenvalue weighted by atomic mass is 32.1. The van der Waals surface area contributed by atoms with Gasteiger partial charge in [-0.15, -0.1) is 0 Å². The molecule has 11 heteroatoms. The number of aromatic hydroxyl groups is 2. The van der Waals surface area contributed by atoms with Gasteiger partial charge in [0.05, 0.1) is 17.0 Å². The third-order valence-electron chi connectivity index (χ3n) is 5.89. The van der Waals surface area contributed by atoms with Crippen molar-refractivity contribution < 1.29 is 10.2 Å². The first kappa shape index (κ1) is 26.4. The lowest BCUT2D eigenvalue weighted by atomic mass is 9.84. The molecule has 0 saturated carbocycles. The molecule has 2 aromatic heterocycles. The third kappa shape index (κ3) is 4.70. The molecule has 0 bridgehead atoms. The van der Waals surface area contributed by atoms with Crippen LogP contribution in [-0.2, 0) is 0 Å². The number of hydrogen-bond donors (Lipinski definition) is 4. The van der Waals surface area contributed by atoms with Crippen molar-refractivity contribution >= 4 is 30.1 Å². The summed E-state index contributed by atoms with van der Waals surface area (Å²) in [7, 11) is 3.67. The number of aryl methyl sites for hydroxylation is 1. The second-order valence-corrected chi connectivity index (χ2v) is 10.1. The molecule has 0 aliphatic carbocycles. The van der Waals surface area contributed by atoms with Crippen LogP contribution in [0.3, 0.4) is 0 Å². The van der Waals surface area contributed by atoms with Crippen LogP contribution in [0.25, 0.3) is 0 Å². The van der Waals surface area contributed by atoms with Crippen molar-refractivity contribution in [2.24, 2.45) is 0 Å². The molecule has 0 radical (unpaired) electrons. The molecule has 0 amide bonds. The van der Waals surface area contributed by atoms with Gasteiger partial charge >= 0.3 is 0 Å². The molecule has 0 unspecified atom stereocenters. The Morgan fingerprint density at radius 3 is 1.66 bits per heavy atom. The molecule has 0 fully saturated rings. The number of anilines is 1. The Kier molecular flexibility index (Phi) is 7.42. The van der Waals surface area contributed by atoms with Crippen molar-refractivity contribution in [2.75, 3.05) is 19.0 Å². The average molecular weight is 518 g/mol. The van der Waals surface area contributed by atoms with E-state index in [9.17, 15) is 19.8 Å². The zero-order valence-electron chi connectivity index (χ0n) is 20.8. The number of benzene rings is 1. The molecule has 9 nitrogen and oxygen atoms in total. The molecule has 0 atom stereocenters. The van der Waals surface area contributed by atoms with E-state index in [4.69, 9.17) is 24.4 Å². The van der Waals surface area contributed by atoms with E-state index in [0.717, 1.165) is 5.56 Å². The van der Waals surface area contributed by atoms with E-state index >= 15 is 0 Å². The van der Waals surface area contributed by atoms with Crippen molar-refractivity contribution in [2.45, 2.75) is 52.6 Å². The van der Waals surface area contributed by atoms with E-state index in [0.29, 0.717) is 11.3 Å². The van der Waals surface area contributed by atoms with Gasteiger partial charge in [0, 0.05) is 31.9 Å². The summed E-state index contributed by atoms with van der Waals surface area (Å²) in [6.07, 6.45) is 0. The maximum absolute atomic E-state index is 13.4. The number of aromatic nitrogens is 4. The summed E-state index contributed by atoms with van der Waals surface area (Å²) in [5.74, 6) is -1.88. The Morgan fingerprint density at radius 1 is 0.857 bits per heavy atom. The van der Waals surface area contributed by atoms with Gasteiger partial charge in [0.2, 0.25) is 11.8 Å². The Labute approximate surface area is 213 Å². The Morgan fingerprint density at radius 2 is 1.29 bits per heavy atom. The number of H-pyrrole nitrogens is 2. The lowest BCUT2D eigenvalue weighted by Gasteiger charge is -2.27. The molecule has 3 rings (SSSR count). The Bertz CT molecular complexity index is 1430. The van der Waals surface area contributed by atoms with Crippen molar-refractivity contribution in [1.82, 2.24) is 19.1 Å². The van der Waals surface area contributed by atoms with E-state index in [1.54, 1.807) is 0 Å². The third-order valence-corrected chi connectivity index (χ3v) is 6.49. The van der Waals surface area contributed by atoms with Crippen LogP contribution >= 0.6 is 24.4 Å². The van der Waals surface area contributed by atoms with Crippen LogP contribution in [0, 0.1) is 16.5 Å². The van der Waals surface area contributed by atoms with E-state index in [-0.39, 0.29) is 44.5 Å². The lowest BCUT2D eigenvalue weighted by Crippen LogP contribution is -2.29. The van der Waals surface area contributed by atoms with Crippen molar-refractivity contribution in [1.29, 1.82) is 0 Å². The zero-order valence-corrected chi connectivity index (χ0v) is 22.5. The predicted molar refractivity (Wildman–Crippen MR) is 142 cm³/mol. The van der Waals surface area contributed by atoms with Crippen molar-refractivity contribution in [3.63, 3.8) is 0 Å². The molecular weight excluding hydrogens is 486 g/mol. The number of nitrogens with one attached hydrogen (secondary N) is 2. The van der Waals surface area contributed by atoms with Gasteiger partial charge in [0.1, 0.15) is 0 Å². The zero-order chi connectivity index (χ0) is 26.4. The first-order valence-corrected chi connectivity index (χ1v) is 12.0. The highest BCUT2D eigenvalue weighted by molar-refractivity contribution is 7.71. The monoisotopic (exact) mass is 517 g/mol. The van der Waals surface area contributed by atoms with Gasteiger partial charge in [-0.2, -0.15) is 0 Å². The summed E-state index contributed by atoms with van der Waals surface area (Å²) in [5.41, 5.74) is 0.613. The van der Waals surface area contributed by atoms with Crippen LogP contribution in [0.1, 0.15) is 68.0 Å². The summed E-state index contributed by atoms with van der Waals surface area (Å²) >= 11 is 10.6. The molecule has 0 saturated heterocycles. The number of hydrogen-bond acceptors (Lipinski definition) is 7. The number of aromatic amines is 2. The van der Waals surface area contributed by atoms with Crippen LogP contribution in [0.5, 0.6) is 11.8 Å². The van der Waals surface area contributed by atoms with E-state index < -0.39 is 17.0 Å². The van der Waals surface area contributed by atoms with Gasteiger partial charge < -0.3 is 15.1 Å². The fraction of sp³-hybridized carbons (Fsp3) is 0.417. The second kappa shape index (κ2) is 9.82. The van der Waals surface area contributed by atoms with Gasteiger partial charge in [-0.25, -0.2) is 0 Å². The molecule has 4 N–H and O–H groups in total. The molecule has 35 heavy (non-hydrogen) atoms. The largest absolute Gasteiger partial charge is 0.494 e. The maximum Gasteiger partial charge on any atom is 0.259 e. The molecule has 0 aliphatic rings. The van der Waals surface area contributed by atoms with Gasteiger partial charge in [-0.05, 0) is 70.7 Å². The van der Waals surface area contributed by atoms with E-state index in [1.165, 1.54) is 9.13 Å². The fourth-order valence-electron chi connectivity index (χ4n) is 4.35. The van der Waals surface area contributed by atoms with E-state index in [2.05, 4.69) is 9.97 Å². The van der Waals surface area contributed by atoms with E-state index in [1.807, 2.05) is 71.8 Å². The summed E-state index contributed by atoms with van der Waals surface area (Å²) in [6.45, 7) is 9.14. The highest BCUT2D eigenvalue weighted by Gasteiger charge is 2.34. The minimum absolute atomic E-state index is 0.0540. The molecule has 1 aromatic carbocycles. The molecule has 188 valence electrons. The first-order chi connectivity index (χ1) is 16.3. The highest BCUT2D eigenvalue weighted by Crippen LogP contribution is 2.41. The summed E-state index contributed by atoms with van der Waals surface area (Å²) < 4.78 is 2.93. The SMILES string of the molecule is Cc1ccc(N(C)C)c(C(c2c(O)n(C(C)C)c(=S)[nH]c2=O)c2c(O)n(C(C)C)c(=S)[nH]c2=O)c1. The summed E-state index contributed by atoms with van der Waals surface area (Å²) in [5, 5.41) is 22.7. The van der Waals surface area contributed by atoms with Gasteiger partial charge in [0.15, 0.2) is 9.54 Å². The molecule has 2 heterocycles. The fourth-order valence-corrected chi connectivity index (χ4v) is 5.13. The molecular formula is C24H31N5O4S2. The number of rotatable bonds is 6. The Balaban J connectivity index is 2.63. The van der Waals surface area contributed by atoms with Crippen LogP contribution in [0.15, 0.2) is 27.8 Å². The standard InChI is InChI=1S/C24H31N5O4S2/c1-11(2)28-21(32)17(19(30)25-23(28)34)16(14-10-13(5)8-9-15(14)27(6)7)18-20(31)26-24(35)29(12(3)4)22(18)33/h8-12,16,32-33H,1-7H3,(H,25,30,34)(H,26,31,35). The van der Waals surface area contributed by atoms with Crippen LogP contribution in [-0.4, -0.2) is 43.4 Å². The van der Waals surface area contributed by atoms with Crippen LogP contribution in [0.2, 0.25) is 0 Å². The quantitative estimate of drug-likeness (QED) is 0.361. The molecule has 0 aliphatic heterocycles. The van der Waals surface area contributed by atoms with Gasteiger partial charge in [-0.1, -0.05) is 17.7 Å². The first-order valence-electron chi connectivity index (χ1n) is 11.2. The second-order valence-electron chi connectivity index (χ2n) is 9.31. The summed E-state index contributed by atoms with van der Waals surface area (Å²) in [4.78, 5) is 33.8. The smallest absolute Gasteiger partial charge is 0.259 e. The minimum atomic E-state index is -1.14. The van der Waals surface area contributed by atoms with Gasteiger partial charge in [-0.3, -0.25) is 28.7 Å². The molecule has 0 spiro atoms. The van der Waals surface area contributed by atoms with Crippen LogP contribution < -0.4 is 16.0 Å². The maximum atomic E-state index is 13.4. The Hall–Kier alpha value is -3.18. The van der Waals surface area contributed by atoms with Crippen molar-refractivity contribution in [3.8, 4) is 11.8 Å². The predicted octanol–water partition coefficient (Wildman–Crippen LogP) is 4.25. The van der Waals surface area contributed by atoms with Crippen molar-refractivity contribution in [3.05, 3.63) is 70.7 Å². The van der Waals surface area contributed by atoms with Crippen LogP contribution in [0.4, 0.5) is 5.69 Å². The average Bonchev–Trinajstić information content (AvgIpc) is 2.70. The molecule has 3 aromatic rings. The topological polar surface area (TPSA) is 119 Å².